The fraction of sp³-hybridized carbons (Fsp3) is 0.542. The molecule has 4 nitrogen and oxygen atoms in total. The molecule has 1 aliphatic carbocycles. The first kappa shape index (κ1) is 20.7. The van der Waals surface area contributed by atoms with E-state index in [0.29, 0.717) is 11.7 Å². The molecule has 1 aliphatic rings. The van der Waals surface area contributed by atoms with Crippen molar-refractivity contribution >= 4 is 5.97 Å². The molecule has 1 aromatic heterocycles. The van der Waals surface area contributed by atoms with Crippen molar-refractivity contribution in [2.75, 3.05) is 13.1 Å². The highest BCUT2D eigenvalue weighted by Crippen LogP contribution is 2.37. The molecule has 0 spiro atoms. The van der Waals surface area contributed by atoms with E-state index in [1.165, 1.54) is 19.3 Å². The number of hydrogen-bond donors (Lipinski definition) is 0. The molecule has 0 radical (unpaired) electrons. The average Bonchev–Trinajstić information content (AvgIpc) is 3.20. The summed E-state index contributed by atoms with van der Waals surface area (Å²) in [6.45, 7) is 7.25. The first-order valence-electron chi connectivity index (χ1n) is 10.7. The van der Waals surface area contributed by atoms with Crippen LogP contribution in [0.3, 0.4) is 0 Å². The Morgan fingerprint density at radius 1 is 1.04 bits per heavy atom. The molecule has 4 heteroatoms. The molecule has 28 heavy (non-hydrogen) atoms. The summed E-state index contributed by atoms with van der Waals surface area (Å²) >= 11 is 0. The molecule has 0 amide bonds. The Kier molecular flexibility index (Phi) is 7.72. The summed E-state index contributed by atoms with van der Waals surface area (Å²) in [5.41, 5.74) is 1.07. The number of carbonyl (C=O) groups is 1. The van der Waals surface area contributed by atoms with Gasteiger partial charge >= 0.3 is 5.97 Å². The van der Waals surface area contributed by atoms with Crippen LogP contribution in [0, 0.1) is 5.92 Å². The Labute approximate surface area is 168 Å². The van der Waals surface area contributed by atoms with Crippen LogP contribution < -0.4 is 0 Å². The summed E-state index contributed by atoms with van der Waals surface area (Å²) in [7, 11) is 0. The molecule has 1 atom stereocenters. The highest BCUT2D eigenvalue weighted by Gasteiger charge is 2.32. The fourth-order valence-corrected chi connectivity index (χ4v) is 4.21. The maximum Gasteiger partial charge on any atom is 0.314 e. The quantitative estimate of drug-likeness (QED) is 0.534. The van der Waals surface area contributed by atoms with Crippen LogP contribution in [-0.4, -0.2) is 24.0 Å². The van der Waals surface area contributed by atoms with Crippen LogP contribution >= 0.6 is 0 Å². The summed E-state index contributed by atoms with van der Waals surface area (Å²) in [4.78, 5) is 15.3. The molecule has 1 unspecified atom stereocenters. The van der Waals surface area contributed by atoms with Gasteiger partial charge in [0.25, 0.3) is 0 Å². The van der Waals surface area contributed by atoms with E-state index in [1.807, 2.05) is 30.3 Å². The maximum absolute atomic E-state index is 13.0. The van der Waals surface area contributed by atoms with E-state index in [9.17, 15) is 4.79 Å². The molecule has 1 saturated carbocycles. The van der Waals surface area contributed by atoms with Gasteiger partial charge in [-0.25, -0.2) is 0 Å². The predicted molar refractivity (Wildman–Crippen MR) is 111 cm³/mol. The molecule has 3 rings (SSSR count). The minimum absolute atomic E-state index is 0.125. The molecule has 0 aliphatic heterocycles. The molecule has 152 valence electrons. The number of benzene rings is 1. The third-order valence-electron chi connectivity index (χ3n) is 5.88. The average molecular weight is 384 g/mol. The SMILES string of the molecule is CCN(CC)Cc1ccc(COC(=O)C(c2ccccc2)C2CCCCC2)o1. The van der Waals surface area contributed by atoms with Crippen molar-refractivity contribution in [1.82, 2.24) is 4.90 Å². The number of ether oxygens (including phenoxy) is 1. The summed E-state index contributed by atoms with van der Waals surface area (Å²) in [5.74, 6) is 1.71. The van der Waals surface area contributed by atoms with Gasteiger partial charge in [-0.15, -0.1) is 0 Å². The summed E-state index contributed by atoms with van der Waals surface area (Å²) < 4.78 is 11.6. The topological polar surface area (TPSA) is 42.7 Å². The third kappa shape index (κ3) is 5.48. The van der Waals surface area contributed by atoms with Crippen molar-refractivity contribution in [2.45, 2.75) is 65.0 Å². The number of carbonyl (C=O) groups excluding carboxylic acids is 1. The molecule has 0 N–H and O–H groups in total. The molecular weight excluding hydrogens is 350 g/mol. The Morgan fingerprint density at radius 2 is 1.71 bits per heavy atom. The second-order valence-electron chi connectivity index (χ2n) is 7.72. The van der Waals surface area contributed by atoms with E-state index in [1.54, 1.807) is 0 Å². The monoisotopic (exact) mass is 383 g/mol. The molecule has 1 fully saturated rings. The van der Waals surface area contributed by atoms with E-state index in [2.05, 4.69) is 30.9 Å². The van der Waals surface area contributed by atoms with Gasteiger partial charge in [-0.1, -0.05) is 63.4 Å². The Bertz CT molecular complexity index is 714. The van der Waals surface area contributed by atoms with Gasteiger partial charge in [0.15, 0.2) is 0 Å². The first-order chi connectivity index (χ1) is 13.7. The highest BCUT2D eigenvalue weighted by atomic mass is 16.5. The molecular formula is C24H33NO3. The van der Waals surface area contributed by atoms with Crippen LogP contribution in [0.4, 0.5) is 0 Å². The minimum Gasteiger partial charge on any atom is -0.461 e. The zero-order valence-corrected chi connectivity index (χ0v) is 17.2. The van der Waals surface area contributed by atoms with Gasteiger partial charge in [-0.3, -0.25) is 9.69 Å². The number of nitrogens with zero attached hydrogens (tertiary/aromatic N) is 1. The number of furan rings is 1. The molecule has 0 saturated heterocycles. The summed E-state index contributed by atoms with van der Waals surface area (Å²) in [6, 6.07) is 14.0. The summed E-state index contributed by atoms with van der Waals surface area (Å²) in [5, 5.41) is 0. The van der Waals surface area contributed by atoms with Crippen molar-refractivity contribution in [3.63, 3.8) is 0 Å². The van der Waals surface area contributed by atoms with Gasteiger partial charge in [0.1, 0.15) is 18.1 Å². The van der Waals surface area contributed by atoms with Crippen molar-refractivity contribution in [3.8, 4) is 0 Å². The van der Waals surface area contributed by atoms with E-state index in [4.69, 9.17) is 9.15 Å². The van der Waals surface area contributed by atoms with Crippen molar-refractivity contribution in [1.29, 1.82) is 0 Å². The second-order valence-corrected chi connectivity index (χ2v) is 7.72. The molecule has 0 bridgehead atoms. The van der Waals surface area contributed by atoms with Gasteiger partial charge < -0.3 is 9.15 Å². The predicted octanol–water partition coefficient (Wildman–Crippen LogP) is 5.53. The smallest absolute Gasteiger partial charge is 0.314 e. The van der Waals surface area contributed by atoms with Gasteiger partial charge in [-0.05, 0) is 49.5 Å². The van der Waals surface area contributed by atoms with E-state index >= 15 is 0 Å². The number of rotatable bonds is 9. The standard InChI is InChI=1S/C24H33NO3/c1-3-25(4-2)17-21-15-16-22(28-21)18-27-24(26)23(19-11-7-5-8-12-19)20-13-9-6-10-14-20/h5,7-8,11-12,15-16,20,23H,3-4,6,9-10,13-14,17-18H2,1-2H3. The van der Waals surface area contributed by atoms with Crippen molar-refractivity contribution < 1.29 is 13.9 Å². The van der Waals surface area contributed by atoms with Crippen LogP contribution in [0.1, 0.15) is 69.0 Å². The zero-order chi connectivity index (χ0) is 19.8. The van der Waals surface area contributed by atoms with Gasteiger partial charge in [0, 0.05) is 0 Å². The lowest BCUT2D eigenvalue weighted by Crippen LogP contribution is -2.25. The van der Waals surface area contributed by atoms with E-state index < -0.39 is 0 Å². The second kappa shape index (κ2) is 10.5. The van der Waals surface area contributed by atoms with Gasteiger partial charge in [-0.2, -0.15) is 0 Å². The highest BCUT2D eigenvalue weighted by molar-refractivity contribution is 5.78. The van der Waals surface area contributed by atoms with Crippen LogP contribution in [0.5, 0.6) is 0 Å². The Hall–Kier alpha value is -2.07. The lowest BCUT2D eigenvalue weighted by atomic mass is 9.77. The van der Waals surface area contributed by atoms with Gasteiger partial charge in [0.05, 0.1) is 12.5 Å². The Balaban J connectivity index is 1.63. The van der Waals surface area contributed by atoms with Crippen LogP contribution in [0.2, 0.25) is 0 Å². The van der Waals surface area contributed by atoms with Gasteiger partial charge in [0.2, 0.25) is 0 Å². The fourth-order valence-electron chi connectivity index (χ4n) is 4.21. The zero-order valence-electron chi connectivity index (χ0n) is 17.2. The lowest BCUT2D eigenvalue weighted by molar-refractivity contribution is -0.149. The Morgan fingerprint density at radius 3 is 2.39 bits per heavy atom. The number of hydrogen-bond acceptors (Lipinski definition) is 4. The largest absolute Gasteiger partial charge is 0.461 e. The van der Waals surface area contributed by atoms with Crippen molar-refractivity contribution in [3.05, 3.63) is 59.5 Å². The normalized spacial score (nSPS) is 16.2. The van der Waals surface area contributed by atoms with Crippen molar-refractivity contribution in [2.24, 2.45) is 5.92 Å². The third-order valence-corrected chi connectivity index (χ3v) is 5.88. The molecule has 1 aromatic carbocycles. The first-order valence-corrected chi connectivity index (χ1v) is 10.7. The molecule has 2 aromatic rings. The molecule has 1 heterocycles. The van der Waals surface area contributed by atoms with Crippen LogP contribution in [0.25, 0.3) is 0 Å². The van der Waals surface area contributed by atoms with E-state index in [-0.39, 0.29) is 18.5 Å². The minimum atomic E-state index is -0.174. The van der Waals surface area contributed by atoms with E-state index in [0.717, 1.165) is 43.8 Å². The van der Waals surface area contributed by atoms with Crippen LogP contribution in [0.15, 0.2) is 46.9 Å². The lowest BCUT2D eigenvalue weighted by Gasteiger charge is -2.29. The van der Waals surface area contributed by atoms with Crippen LogP contribution in [-0.2, 0) is 22.7 Å². The maximum atomic E-state index is 13.0. The number of esters is 1. The summed E-state index contributed by atoms with van der Waals surface area (Å²) in [6.07, 6.45) is 5.88.